The fraction of sp³-hybridized carbons (Fsp3) is 0.500. The first-order chi connectivity index (χ1) is 10.3. The lowest BCUT2D eigenvalue weighted by Gasteiger charge is -2.45. The molecule has 22 heavy (non-hydrogen) atoms. The molecule has 1 fully saturated rings. The first-order valence-corrected chi connectivity index (χ1v) is 7.38. The Morgan fingerprint density at radius 1 is 1.27 bits per heavy atom. The quantitative estimate of drug-likeness (QED) is 0.799. The molecule has 6 heteroatoms. The summed E-state index contributed by atoms with van der Waals surface area (Å²) in [5.74, 6) is -0.291. The van der Waals surface area contributed by atoms with Gasteiger partial charge in [0.2, 0.25) is 0 Å². The molecule has 1 unspecified atom stereocenters. The minimum Gasteiger partial charge on any atom is -0.465 e. The molecule has 120 valence electrons. The zero-order chi connectivity index (χ0) is 16.4. The summed E-state index contributed by atoms with van der Waals surface area (Å²) in [6.45, 7) is 6.34. The highest BCUT2D eigenvalue weighted by Crippen LogP contribution is 2.32. The number of amides is 2. The minimum atomic E-state index is -1.10. The lowest BCUT2D eigenvalue weighted by atomic mass is 9.89. The smallest absolute Gasteiger partial charge is 0.408 e. The van der Waals surface area contributed by atoms with E-state index in [2.05, 4.69) is 10.6 Å². The van der Waals surface area contributed by atoms with Crippen LogP contribution in [0.5, 0.6) is 0 Å². The number of anilines is 1. The molecule has 2 rings (SSSR count). The zero-order valence-electron chi connectivity index (χ0n) is 13.2. The van der Waals surface area contributed by atoms with Crippen molar-refractivity contribution in [2.45, 2.75) is 38.3 Å². The van der Waals surface area contributed by atoms with Crippen molar-refractivity contribution in [1.82, 2.24) is 10.2 Å². The van der Waals surface area contributed by atoms with Gasteiger partial charge < -0.3 is 15.7 Å². The number of carbonyl (C=O) groups is 2. The van der Waals surface area contributed by atoms with Gasteiger partial charge >= 0.3 is 6.09 Å². The van der Waals surface area contributed by atoms with Gasteiger partial charge in [0.15, 0.2) is 0 Å². The predicted molar refractivity (Wildman–Crippen MR) is 84.9 cm³/mol. The third-order valence-electron chi connectivity index (χ3n) is 3.88. The molecule has 6 nitrogen and oxygen atoms in total. The lowest BCUT2D eigenvalue weighted by molar-refractivity contribution is -0.129. The summed E-state index contributed by atoms with van der Waals surface area (Å²) in [4.78, 5) is 26.0. The van der Waals surface area contributed by atoms with Crippen molar-refractivity contribution in [1.29, 1.82) is 0 Å². The van der Waals surface area contributed by atoms with Crippen LogP contribution >= 0.6 is 0 Å². The van der Waals surface area contributed by atoms with E-state index in [0.717, 1.165) is 0 Å². The second-order valence-electron chi connectivity index (χ2n) is 6.57. The summed E-state index contributed by atoms with van der Waals surface area (Å²) < 4.78 is 0. The number of rotatable bonds is 3. The predicted octanol–water partition coefficient (Wildman–Crippen LogP) is 2.14. The summed E-state index contributed by atoms with van der Waals surface area (Å²) in [7, 11) is 0. The number of nitrogens with one attached hydrogen (secondary N) is 2. The van der Waals surface area contributed by atoms with Crippen molar-refractivity contribution < 1.29 is 14.7 Å². The van der Waals surface area contributed by atoms with Crippen molar-refractivity contribution >= 4 is 17.7 Å². The average Bonchev–Trinajstić information content (AvgIpc) is 2.88. The molecule has 2 amide bonds. The maximum atomic E-state index is 12.9. The molecule has 0 aromatic heterocycles. The number of carbonyl (C=O) groups excluding carboxylic acids is 1. The maximum absolute atomic E-state index is 12.9. The van der Waals surface area contributed by atoms with Crippen LogP contribution in [0.15, 0.2) is 30.3 Å². The average molecular weight is 305 g/mol. The van der Waals surface area contributed by atoms with Gasteiger partial charge in [0, 0.05) is 17.8 Å². The van der Waals surface area contributed by atoms with E-state index < -0.39 is 17.2 Å². The van der Waals surface area contributed by atoms with E-state index in [-0.39, 0.29) is 5.91 Å². The highest BCUT2D eigenvalue weighted by atomic mass is 16.4. The molecule has 1 saturated heterocycles. The molecule has 1 heterocycles. The molecule has 1 aliphatic heterocycles. The van der Waals surface area contributed by atoms with E-state index in [1.165, 1.54) is 4.90 Å². The van der Waals surface area contributed by atoms with Gasteiger partial charge in [-0.25, -0.2) is 4.79 Å². The molecule has 0 spiro atoms. The van der Waals surface area contributed by atoms with Crippen LogP contribution in [0.2, 0.25) is 0 Å². The van der Waals surface area contributed by atoms with Crippen LogP contribution in [0.4, 0.5) is 10.5 Å². The van der Waals surface area contributed by atoms with Crippen LogP contribution < -0.4 is 10.6 Å². The van der Waals surface area contributed by atoms with Crippen molar-refractivity contribution in [3.05, 3.63) is 30.3 Å². The van der Waals surface area contributed by atoms with Crippen LogP contribution in [0.25, 0.3) is 0 Å². The zero-order valence-corrected chi connectivity index (χ0v) is 13.2. The minimum absolute atomic E-state index is 0.291. The van der Waals surface area contributed by atoms with Crippen molar-refractivity contribution in [2.24, 2.45) is 0 Å². The van der Waals surface area contributed by atoms with Crippen LogP contribution in [0, 0.1) is 0 Å². The topological polar surface area (TPSA) is 81.7 Å². The highest BCUT2D eigenvalue weighted by molar-refractivity contribution is 6.00. The summed E-state index contributed by atoms with van der Waals surface area (Å²) in [6.07, 6.45) is -0.630. The van der Waals surface area contributed by atoms with E-state index in [0.29, 0.717) is 25.2 Å². The lowest BCUT2D eigenvalue weighted by Crippen LogP contribution is -2.65. The van der Waals surface area contributed by atoms with Gasteiger partial charge in [0.1, 0.15) is 5.54 Å². The van der Waals surface area contributed by atoms with Crippen molar-refractivity contribution in [2.75, 3.05) is 18.4 Å². The Bertz CT molecular complexity index is 546. The summed E-state index contributed by atoms with van der Waals surface area (Å²) in [5, 5.41) is 15.6. The normalized spacial score (nSPS) is 21.4. The summed E-state index contributed by atoms with van der Waals surface area (Å²) >= 11 is 0. The van der Waals surface area contributed by atoms with Gasteiger partial charge in [-0.1, -0.05) is 18.2 Å². The fourth-order valence-corrected chi connectivity index (χ4v) is 3.05. The Labute approximate surface area is 130 Å². The van der Waals surface area contributed by atoms with Gasteiger partial charge in [-0.05, 0) is 45.9 Å². The molecule has 1 aromatic rings. The molecule has 1 aromatic carbocycles. The van der Waals surface area contributed by atoms with Crippen molar-refractivity contribution in [3.63, 3.8) is 0 Å². The van der Waals surface area contributed by atoms with Crippen LogP contribution in [0.1, 0.15) is 27.2 Å². The Kier molecular flexibility index (Phi) is 4.42. The SMILES string of the molecule is CC(C)(C)N(C(=O)O)C1(C(=O)Nc2ccccc2)CCNC1. The fourth-order valence-electron chi connectivity index (χ4n) is 3.05. The molecule has 1 aliphatic rings. The molecule has 0 aliphatic carbocycles. The number of para-hydroxylation sites is 1. The Morgan fingerprint density at radius 2 is 1.91 bits per heavy atom. The van der Waals surface area contributed by atoms with E-state index >= 15 is 0 Å². The van der Waals surface area contributed by atoms with Crippen molar-refractivity contribution in [3.8, 4) is 0 Å². The molecule has 0 radical (unpaired) electrons. The standard InChI is InChI=1S/C16H23N3O3/c1-15(2,3)19(14(21)22)16(9-10-17-11-16)13(20)18-12-7-5-4-6-8-12/h4-8,17H,9-11H2,1-3H3,(H,18,20)(H,21,22). The van der Waals surface area contributed by atoms with Gasteiger partial charge in [-0.3, -0.25) is 9.69 Å². The molecule has 0 bridgehead atoms. The number of benzene rings is 1. The van der Waals surface area contributed by atoms with Crippen LogP contribution in [-0.2, 0) is 4.79 Å². The number of carboxylic acid groups (broad SMARTS) is 1. The molecular formula is C16H23N3O3. The summed E-state index contributed by atoms with van der Waals surface area (Å²) in [6, 6.07) is 9.09. The second kappa shape index (κ2) is 5.96. The van der Waals surface area contributed by atoms with E-state index in [4.69, 9.17) is 0 Å². The van der Waals surface area contributed by atoms with E-state index in [9.17, 15) is 14.7 Å². The van der Waals surface area contributed by atoms with E-state index in [1.54, 1.807) is 32.9 Å². The van der Waals surface area contributed by atoms with Crippen LogP contribution in [0.3, 0.4) is 0 Å². The maximum Gasteiger partial charge on any atom is 0.408 e. The van der Waals surface area contributed by atoms with Gasteiger partial charge in [0.05, 0.1) is 0 Å². The number of hydrogen-bond donors (Lipinski definition) is 3. The Hall–Kier alpha value is -2.08. The third kappa shape index (κ3) is 3.06. The molecular weight excluding hydrogens is 282 g/mol. The largest absolute Gasteiger partial charge is 0.465 e. The first-order valence-electron chi connectivity index (χ1n) is 7.38. The molecule has 1 atom stereocenters. The van der Waals surface area contributed by atoms with Gasteiger partial charge in [-0.2, -0.15) is 0 Å². The third-order valence-corrected chi connectivity index (χ3v) is 3.88. The van der Waals surface area contributed by atoms with E-state index in [1.807, 2.05) is 18.2 Å². The Balaban J connectivity index is 2.35. The summed E-state index contributed by atoms with van der Waals surface area (Å²) in [5.41, 5.74) is -1.11. The molecule has 3 N–H and O–H groups in total. The monoisotopic (exact) mass is 305 g/mol. The van der Waals surface area contributed by atoms with Crippen LogP contribution in [-0.4, -0.2) is 46.2 Å². The second-order valence-corrected chi connectivity index (χ2v) is 6.57. The highest BCUT2D eigenvalue weighted by Gasteiger charge is 2.52. The number of nitrogens with zero attached hydrogens (tertiary/aromatic N) is 1. The van der Waals surface area contributed by atoms with Gasteiger partial charge in [-0.15, -0.1) is 0 Å². The van der Waals surface area contributed by atoms with Gasteiger partial charge in [0.25, 0.3) is 5.91 Å². The Morgan fingerprint density at radius 3 is 2.36 bits per heavy atom. The first kappa shape index (κ1) is 16.3. The number of hydrogen-bond acceptors (Lipinski definition) is 3. The molecule has 0 saturated carbocycles.